The number of hydrogen-bond donors (Lipinski definition) is 2. The number of ether oxygens (including phenoxy) is 3. The fourth-order valence-electron chi connectivity index (χ4n) is 3.01. The molecule has 9 heteroatoms. The Morgan fingerprint density at radius 2 is 1.55 bits per heavy atom. The van der Waals surface area contributed by atoms with Crippen LogP contribution in [-0.4, -0.2) is 26.2 Å². The number of methoxy groups -OCH3 is 2. The van der Waals surface area contributed by atoms with Gasteiger partial charge in [0, 0.05) is 11.8 Å². The number of hydrogen-bond acceptors (Lipinski definition) is 5. The molecule has 33 heavy (non-hydrogen) atoms. The molecule has 174 valence electrons. The Bertz CT molecular complexity index is 1100. The van der Waals surface area contributed by atoms with E-state index in [-0.39, 0.29) is 5.69 Å². The van der Waals surface area contributed by atoms with E-state index in [1.54, 1.807) is 56.5 Å². The Hall–Kier alpha value is -3.88. The van der Waals surface area contributed by atoms with E-state index in [0.717, 1.165) is 6.07 Å². The van der Waals surface area contributed by atoms with Crippen LogP contribution in [0.25, 0.3) is 0 Å². The smallest absolute Gasteiger partial charge is 0.418 e. The standard InChI is InChI=1S/C24H23F3N2O4/c1-15(23(30)29-20-7-5-4-6-19(20)24(25,26)27)28-16-8-13-21(32-3)22(14-16)33-18-11-9-17(31-2)10-12-18/h4-15,28H,1-3H3,(H,29,30). The van der Waals surface area contributed by atoms with Crippen LogP contribution in [0.1, 0.15) is 12.5 Å². The van der Waals surface area contributed by atoms with Gasteiger partial charge in [0.05, 0.1) is 25.5 Å². The molecule has 0 radical (unpaired) electrons. The van der Waals surface area contributed by atoms with Gasteiger partial charge >= 0.3 is 6.18 Å². The zero-order valence-electron chi connectivity index (χ0n) is 18.2. The van der Waals surface area contributed by atoms with Crippen LogP contribution in [0.2, 0.25) is 0 Å². The Kier molecular flexibility index (Phi) is 7.32. The minimum Gasteiger partial charge on any atom is -0.497 e. The van der Waals surface area contributed by atoms with Crippen molar-refractivity contribution in [2.75, 3.05) is 24.9 Å². The monoisotopic (exact) mass is 460 g/mol. The third-order valence-corrected chi connectivity index (χ3v) is 4.72. The fourth-order valence-corrected chi connectivity index (χ4v) is 3.01. The highest BCUT2D eigenvalue weighted by atomic mass is 19.4. The molecule has 0 aliphatic carbocycles. The molecule has 0 fully saturated rings. The van der Waals surface area contributed by atoms with Crippen LogP contribution < -0.4 is 24.8 Å². The lowest BCUT2D eigenvalue weighted by Crippen LogP contribution is -2.32. The predicted octanol–water partition coefficient (Wildman–Crippen LogP) is 5.95. The normalized spacial score (nSPS) is 11.9. The maximum absolute atomic E-state index is 13.2. The molecule has 3 aromatic rings. The van der Waals surface area contributed by atoms with Gasteiger partial charge in [0.1, 0.15) is 17.5 Å². The second-order valence-electron chi connectivity index (χ2n) is 7.04. The zero-order chi connectivity index (χ0) is 24.0. The number of carbonyl (C=O) groups is 1. The molecule has 1 atom stereocenters. The van der Waals surface area contributed by atoms with E-state index < -0.39 is 23.7 Å². The Balaban J connectivity index is 1.73. The van der Waals surface area contributed by atoms with Gasteiger partial charge in [-0.1, -0.05) is 12.1 Å². The maximum atomic E-state index is 13.2. The Labute approximate surface area is 189 Å². The van der Waals surface area contributed by atoms with Gasteiger partial charge in [0.25, 0.3) is 0 Å². The first kappa shape index (κ1) is 23.8. The number of carbonyl (C=O) groups excluding carboxylic acids is 1. The molecule has 1 amide bonds. The average Bonchev–Trinajstić information content (AvgIpc) is 2.79. The molecule has 3 rings (SSSR count). The quantitative estimate of drug-likeness (QED) is 0.435. The van der Waals surface area contributed by atoms with Crippen LogP contribution in [0, 0.1) is 0 Å². The number of amides is 1. The summed E-state index contributed by atoms with van der Waals surface area (Å²) >= 11 is 0. The average molecular weight is 460 g/mol. The van der Waals surface area contributed by atoms with Crippen LogP contribution in [0.15, 0.2) is 66.7 Å². The second kappa shape index (κ2) is 10.2. The topological polar surface area (TPSA) is 68.8 Å². The lowest BCUT2D eigenvalue weighted by molar-refractivity contribution is -0.137. The Morgan fingerprint density at radius 3 is 2.18 bits per heavy atom. The first-order chi connectivity index (χ1) is 15.7. The predicted molar refractivity (Wildman–Crippen MR) is 119 cm³/mol. The van der Waals surface area contributed by atoms with Crippen LogP contribution in [0.4, 0.5) is 24.5 Å². The zero-order valence-corrected chi connectivity index (χ0v) is 18.2. The minimum atomic E-state index is -4.58. The van der Waals surface area contributed by atoms with Crippen molar-refractivity contribution < 1.29 is 32.2 Å². The van der Waals surface area contributed by atoms with E-state index in [1.165, 1.54) is 25.3 Å². The molecule has 0 heterocycles. The molecule has 3 aromatic carbocycles. The molecule has 0 saturated carbocycles. The van der Waals surface area contributed by atoms with E-state index in [4.69, 9.17) is 14.2 Å². The molecule has 1 unspecified atom stereocenters. The highest BCUT2D eigenvalue weighted by molar-refractivity contribution is 5.97. The summed E-state index contributed by atoms with van der Waals surface area (Å²) in [6, 6.07) is 15.9. The SMILES string of the molecule is COc1ccc(Oc2cc(NC(C)C(=O)Nc3ccccc3C(F)(F)F)ccc2OC)cc1. The van der Waals surface area contributed by atoms with E-state index >= 15 is 0 Å². The van der Waals surface area contributed by atoms with Gasteiger partial charge < -0.3 is 24.8 Å². The van der Waals surface area contributed by atoms with Crippen LogP contribution in [-0.2, 0) is 11.0 Å². The number of halogens is 3. The second-order valence-corrected chi connectivity index (χ2v) is 7.04. The first-order valence-electron chi connectivity index (χ1n) is 9.95. The third-order valence-electron chi connectivity index (χ3n) is 4.72. The molecule has 2 N–H and O–H groups in total. The lowest BCUT2D eigenvalue weighted by atomic mass is 10.1. The van der Waals surface area contributed by atoms with Crippen molar-refractivity contribution in [1.82, 2.24) is 0 Å². The number of rotatable bonds is 8. The van der Waals surface area contributed by atoms with Crippen molar-refractivity contribution in [1.29, 1.82) is 0 Å². The van der Waals surface area contributed by atoms with E-state index in [2.05, 4.69) is 10.6 Å². The van der Waals surface area contributed by atoms with Crippen molar-refractivity contribution in [2.45, 2.75) is 19.1 Å². The van der Waals surface area contributed by atoms with Crippen LogP contribution in [0.5, 0.6) is 23.0 Å². The maximum Gasteiger partial charge on any atom is 0.418 e. The number of para-hydroxylation sites is 1. The summed E-state index contributed by atoms with van der Waals surface area (Å²) < 4.78 is 55.9. The number of anilines is 2. The summed E-state index contributed by atoms with van der Waals surface area (Å²) in [7, 11) is 3.06. The molecular formula is C24H23F3N2O4. The number of nitrogens with one attached hydrogen (secondary N) is 2. The summed E-state index contributed by atoms with van der Waals surface area (Å²) in [5.41, 5.74) is -0.696. The minimum absolute atomic E-state index is 0.304. The van der Waals surface area contributed by atoms with Crippen molar-refractivity contribution in [3.8, 4) is 23.0 Å². The molecular weight excluding hydrogens is 437 g/mol. The number of alkyl halides is 3. The first-order valence-corrected chi connectivity index (χ1v) is 9.95. The van der Waals surface area contributed by atoms with Crippen molar-refractivity contribution in [2.24, 2.45) is 0 Å². The summed E-state index contributed by atoms with van der Waals surface area (Å²) in [4.78, 5) is 12.5. The summed E-state index contributed by atoms with van der Waals surface area (Å²) in [6.45, 7) is 1.54. The van der Waals surface area contributed by atoms with E-state index in [9.17, 15) is 18.0 Å². The van der Waals surface area contributed by atoms with Gasteiger partial charge in [-0.3, -0.25) is 4.79 Å². The molecule has 0 spiro atoms. The van der Waals surface area contributed by atoms with E-state index in [0.29, 0.717) is 28.7 Å². The van der Waals surface area contributed by atoms with Crippen molar-refractivity contribution in [3.63, 3.8) is 0 Å². The molecule has 0 aliphatic heterocycles. The largest absolute Gasteiger partial charge is 0.497 e. The van der Waals surface area contributed by atoms with Gasteiger partial charge in [0.2, 0.25) is 5.91 Å². The highest BCUT2D eigenvalue weighted by Gasteiger charge is 2.33. The summed E-state index contributed by atoms with van der Waals surface area (Å²) in [6.07, 6.45) is -4.58. The van der Waals surface area contributed by atoms with Crippen molar-refractivity contribution in [3.05, 3.63) is 72.3 Å². The highest BCUT2D eigenvalue weighted by Crippen LogP contribution is 2.36. The number of benzene rings is 3. The molecule has 0 bridgehead atoms. The third kappa shape index (κ3) is 6.09. The van der Waals surface area contributed by atoms with Crippen LogP contribution >= 0.6 is 0 Å². The lowest BCUT2D eigenvalue weighted by Gasteiger charge is -2.19. The molecule has 0 aliphatic rings. The van der Waals surface area contributed by atoms with Gasteiger partial charge in [-0.25, -0.2) is 0 Å². The fraction of sp³-hybridized carbons (Fsp3) is 0.208. The molecule has 6 nitrogen and oxygen atoms in total. The van der Waals surface area contributed by atoms with Gasteiger partial charge in [-0.2, -0.15) is 13.2 Å². The van der Waals surface area contributed by atoms with E-state index in [1.807, 2.05) is 0 Å². The molecule has 0 aromatic heterocycles. The summed E-state index contributed by atoms with van der Waals surface area (Å²) in [5.74, 6) is 1.45. The Morgan fingerprint density at radius 1 is 0.879 bits per heavy atom. The van der Waals surface area contributed by atoms with Crippen molar-refractivity contribution >= 4 is 17.3 Å². The van der Waals surface area contributed by atoms with Gasteiger partial charge in [0.15, 0.2) is 11.5 Å². The van der Waals surface area contributed by atoms with Gasteiger partial charge in [-0.15, -0.1) is 0 Å². The van der Waals surface area contributed by atoms with Crippen LogP contribution in [0.3, 0.4) is 0 Å². The molecule has 0 saturated heterocycles. The van der Waals surface area contributed by atoms with Gasteiger partial charge in [-0.05, 0) is 55.5 Å². The summed E-state index contributed by atoms with van der Waals surface area (Å²) in [5, 5.41) is 5.30.